The van der Waals surface area contributed by atoms with Crippen LogP contribution in [0.25, 0.3) is 0 Å². The van der Waals surface area contributed by atoms with Gasteiger partial charge in [0.1, 0.15) is 5.82 Å². The molecule has 25 heavy (non-hydrogen) atoms. The summed E-state index contributed by atoms with van der Waals surface area (Å²) in [5.74, 6) is 2.17. The van der Waals surface area contributed by atoms with Crippen LogP contribution in [0.15, 0.2) is 42.7 Å². The summed E-state index contributed by atoms with van der Waals surface area (Å²) in [6.07, 6.45) is 5.95. The van der Waals surface area contributed by atoms with Crippen molar-refractivity contribution < 1.29 is 4.79 Å². The molecule has 0 spiro atoms. The number of benzene rings is 1. The second kappa shape index (κ2) is 7.85. The van der Waals surface area contributed by atoms with Gasteiger partial charge in [0.2, 0.25) is 5.91 Å². The largest absolute Gasteiger partial charge is 0.342 e. The van der Waals surface area contributed by atoms with Gasteiger partial charge in [0.25, 0.3) is 0 Å². The smallest absolute Gasteiger partial charge is 0.230 e. The first-order valence-electron chi connectivity index (χ1n) is 9.46. The van der Waals surface area contributed by atoms with Gasteiger partial charge < -0.3 is 9.47 Å². The van der Waals surface area contributed by atoms with E-state index in [1.165, 1.54) is 5.82 Å². The maximum atomic E-state index is 13.2. The van der Waals surface area contributed by atoms with Crippen LogP contribution in [0.1, 0.15) is 56.8 Å². The van der Waals surface area contributed by atoms with Crippen LogP contribution in [0.2, 0.25) is 0 Å². The topological polar surface area (TPSA) is 38.1 Å². The summed E-state index contributed by atoms with van der Waals surface area (Å²) in [7, 11) is 0. The molecule has 1 amide bonds. The van der Waals surface area contributed by atoms with E-state index in [0.717, 1.165) is 38.0 Å². The summed E-state index contributed by atoms with van der Waals surface area (Å²) < 4.78 is 2.23. The van der Waals surface area contributed by atoms with Crippen LogP contribution in [0, 0.1) is 5.92 Å². The molecule has 2 aromatic rings. The van der Waals surface area contributed by atoms with Crippen LogP contribution in [-0.2, 0) is 11.3 Å². The molecule has 0 saturated carbocycles. The Bertz CT molecular complexity index is 684. The first-order valence-corrected chi connectivity index (χ1v) is 9.46. The highest BCUT2D eigenvalue weighted by molar-refractivity contribution is 5.84. The average molecular weight is 339 g/mol. The molecule has 2 heterocycles. The number of aryl methyl sites for hydroxylation is 1. The molecule has 1 atom stereocenters. The lowest BCUT2D eigenvalue weighted by atomic mass is 9.86. The first-order chi connectivity index (χ1) is 12.1. The van der Waals surface area contributed by atoms with Crippen LogP contribution in [0.3, 0.4) is 0 Å². The molecule has 134 valence electrons. The number of aromatic nitrogens is 2. The maximum absolute atomic E-state index is 13.2. The fourth-order valence-corrected chi connectivity index (χ4v) is 3.98. The quantitative estimate of drug-likeness (QED) is 0.824. The van der Waals surface area contributed by atoms with Crippen molar-refractivity contribution in [2.24, 2.45) is 5.92 Å². The Labute approximate surface area is 150 Å². The SMILES string of the molecule is CCn1ccnc1C1CCN(C(=O)[C@H](c2ccccc2)C(C)C)CC1. The second-order valence-corrected chi connectivity index (χ2v) is 7.30. The molecule has 1 aromatic heterocycles. The molecule has 4 nitrogen and oxygen atoms in total. The molecule has 1 aromatic carbocycles. The highest BCUT2D eigenvalue weighted by Crippen LogP contribution is 2.31. The number of amides is 1. The minimum Gasteiger partial charge on any atom is -0.342 e. The van der Waals surface area contributed by atoms with Crippen molar-refractivity contribution in [3.63, 3.8) is 0 Å². The zero-order valence-electron chi connectivity index (χ0n) is 15.6. The van der Waals surface area contributed by atoms with Crippen molar-refractivity contribution in [3.05, 3.63) is 54.1 Å². The minimum atomic E-state index is -0.0459. The fraction of sp³-hybridized carbons (Fsp3) is 0.524. The van der Waals surface area contributed by atoms with E-state index in [0.29, 0.717) is 11.8 Å². The molecule has 1 fully saturated rings. The van der Waals surface area contributed by atoms with Crippen molar-refractivity contribution in [1.29, 1.82) is 0 Å². The van der Waals surface area contributed by atoms with E-state index in [9.17, 15) is 4.79 Å². The summed E-state index contributed by atoms with van der Waals surface area (Å²) in [6, 6.07) is 10.2. The van der Waals surface area contributed by atoms with Gasteiger partial charge in [0.15, 0.2) is 0 Å². The summed E-state index contributed by atoms with van der Waals surface area (Å²) in [6.45, 7) is 9.04. The molecule has 4 heteroatoms. The molecule has 1 aliphatic heterocycles. The van der Waals surface area contributed by atoms with Crippen LogP contribution < -0.4 is 0 Å². The second-order valence-electron chi connectivity index (χ2n) is 7.30. The number of nitrogens with zero attached hydrogens (tertiary/aromatic N) is 3. The Balaban J connectivity index is 1.68. The third kappa shape index (κ3) is 3.78. The highest BCUT2D eigenvalue weighted by atomic mass is 16.2. The van der Waals surface area contributed by atoms with Crippen LogP contribution >= 0.6 is 0 Å². The molecular weight excluding hydrogens is 310 g/mol. The average Bonchev–Trinajstić information content (AvgIpc) is 3.11. The van der Waals surface area contributed by atoms with Crippen LogP contribution in [-0.4, -0.2) is 33.4 Å². The highest BCUT2D eigenvalue weighted by Gasteiger charge is 2.32. The Morgan fingerprint density at radius 1 is 1.20 bits per heavy atom. The Morgan fingerprint density at radius 3 is 2.48 bits per heavy atom. The van der Waals surface area contributed by atoms with Gasteiger partial charge in [0, 0.05) is 37.9 Å². The lowest BCUT2D eigenvalue weighted by Crippen LogP contribution is -2.42. The van der Waals surface area contributed by atoms with Crippen LogP contribution in [0.4, 0.5) is 0 Å². The van der Waals surface area contributed by atoms with Gasteiger partial charge in [-0.25, -0.2) is 4.98 Å². The third-order valence-corrected chi connectivity index (χ3v) is 5.35. The predicted octanol–water partition coefficient (Wildman–Crippen LogP) is 4.05. The normalized spacial score (nSPS) is 17.0. The molecule has 0 radical (unpaired) electrons. The van der Waals surface area contributed by atoms with E-state index in [4.69, 9.17) is 0 Å². The van der Waals surface area contributed by atoms with Crippen molar-refractivity contribution in [2.45, 2.75) is 52.0 Å². The van der Waals surface area contributed by atoms with Gasteiger partial charge in [0.05, 0.1) is 5.92 Å². The van der Waals surface area contributed by atoms with E-state index < -0.39 is 0 Å². The molecule has 0 unspecified atom stereocenters. The Morgan fingerprint density at radius 2 is 1.88 bits per heavy atom. The Hall–Kier alpha value is -2.10. The lowest BCUT2D eigenvalue weighted by molar-refractivity contribution is -0.135. The van der Waals surface area contributed by atoms with Crippen molar-refractivity contribution in [3.8, 4) is 0 Å². The third-order valence-electron chi connectivity index (χ3n) is 5.35. The number of imidazole rings is 1. The molecule has 3 rings (SSSR count). The van der Waals surface area contributed by atoms with E-state index in [-0.39, 0.29) is 11.8 Å². The minimum absolute atomic E-state index is 0.0459. The summed E-state index contributed by atoms with van der Waals surface area (Å²) >= 11 is 0. The molecular formula is C21H29N3O. The predicted molar refractivity (Wildman–Crippen MR) is 100 cm³/mol. The number of carbonyl (C=O) groups excluding carboxylic acids is 1. The van der Waals surface area contributed by atoms with Gasteiger partial charge in [-0.2, -0.15) is 0 Å². The van der Waals surface area contributed by atoms with E-state index in [2.05, 4.69) is 53.6 Å². The van der Waals surface area contributed by atoms with Gasteiger partial charge in [-0.3, -0.25) is 4.79 Å². The van der Waals surface area contributed by atoms with E-state index in [1.807, 2.05) is 24.4 Å². The van der Waals surface area contributed by atoms with Gasteiger partial charge in [-0.05, 0) is 31.2 Å². The number of piperidine rings is 1. The van der Waals surface area contributed by atoms with E-state index in [1.54, 1.807) is 0 Å². The molecule has 1 aliphatic rings. The summed E-state index contributed by atoms with van der Waals surface area (Å²) in [5, 5.41) is 0. The van der Waals surface area contributed by atoms with Gasteiger partial charge >= 0.3 is 0 Å². The fourth-order valence-electron chi connectivity index (χ4n) is 3.98. The van der Waals surface area contributed by atoms with Gasteiger partial charge in [-0.1, -0.05) is 44.2 Å². The maximum Gasteiger partial charge on any atom is 0.230 e. The van der Waals surface area contributed by atoms with Crippen molar-refractivity contribution in [1.82, 2.24) is 14.5 Å². The zero-order valence-corrected chi connectivity index (χ0v) is 15.6. The summed E-state index contributed by atoms with van der Waals surface area (Å²) in [4.78, 5) is 19.8. The van der Waals surface area contributed by atoms with Gasteiger partial charge in [-0.15, -0.1) is 0 Å². The molecule has 1 saturated heterocycles. The number of rotatable bonds is 5. The molecule has 0 N–H and O–H groups in total. The number of hydrogen-bond donors (Lipinski definition) is 0. The molecule has 0 aliphatic carbocycles. The standard InChI is InChI=1S/C21H29N3O/c1-4-23-15-12-22-20(23)18-10-13-24(14-11-18)21(25)19(16(2)3)17-8-6-5-7-9-17/h5-9,12,15-16,18-19H,4,10-11,13-14H2,1-3H3/t19-/m0/s1. The monoisotopic (exact) mass is 339 g/mol. The number of likely N-dealkylation sites (tertiary alicyclic amines) is 1. The summed E-state index contributed by atoms with van der Waals surface area (Å²) in [5.41, 5.74) is 1.13. The number of hydrogen-bond acceptors (Lipinski definition) is 2. The Kier molecular flexibility index (Phi) is 5.57. The van der Waals surface area contributed by atoms with Crippen molar-refractivity contribution >= 4 is 5.91 Å². The van der Waals surface area contributed by atoms with Crippen LogP contribution in [0.5, 0.6) is 0 Å². The number of carbonyl (C=O) groups is 1. The van der Waals surface area contributed by atoms with Crippen molar-refractivity contribution in [2.75, 3.05) is 13.1 Å². The lowest BCUT2D eigenvalue weighted by Gasteiger charge is -2.35. The zero-order chi connectivity index (χ0) is 17.8. The van der Waals surface area contributed by atoms with E-state index >= 15 is 0 Å². The first kappa shape index (κ1) is 17.7. The molecule has 0 bridgehead atoms.